The Labute approximate surface area is 108 Å². The first-order valence-corrected chi connectivity index (χ1v) is 6.46. The highest BCUT2D eigenvalue weighted by molar-refractivity contribution is 6.01. The highest BCUT2D eigenvalue weighted by Crippen LogP contribution is 2.30. The van der Waals surface area contributed by atoms with Crippen LogP contribution in [0.3, 0.4) is 0 Å². The largest absolute Gasteiger partial charge is 0.394 e. The maximum atomic E-state index is 9.52. The Kier molecular flexibility index (Phi) is 3.87. The summed E-state index contributed by atoms with van der Waals surface area (Å²) in [7, 11) is 0. The first kappa shape index (κ1) is 12.9. The fourth-order valence-corrected chi connectivity index (χ4v) is 2.74. The van der Waals surface area contributed by atoms with Gasteiger partial charge in [0.15, 0.2) is 0 Å². The molecule has 2 rings (SSSR count). The Morgan fingerprint density at radius 1 is 1.50 bits per heavy atom. The number of rotatable bonds is 3. The quantitative estimate of drug-likeness (QED) is 0.561. The minimum Gasteiger partial charge on any atom is -0.394 e. The lowest BCUT2D eigenvalue weighted by molar-refractivity contribution is 0.240. The molecule has 18 heavy (non-hydrogen) atoms. The maximum absolute atomic E-state index is 9.52. The van der Waals surface area contributed by atoms with Gasteiger partial charge in [0.1, 0.15) is 5.84 Å². The van der Waals surface area contributed by atoms with E-state index in [1.807, 2.05) is 25.1 Å². The van der Waals surface area contributed by atoms with Gasteiger partial charge in [-0.2, -0.15) is 0 Å². The van der Waals surface area contributed by atoms with Gasteiger partial charge in [0, 0.05) is 12.1 Å². The van der Waals surface area contributed by atoms with Crippen molar-refractivity contribution < 1.29 is 5.11 Å². The molecule has 1 saturated heterocycles. The number of aliphatic hydroxyl groups excluding tert-OH is 1. The third-order valence-corrected chi connectivity index (χ3v) is 3.65. The molecule has 98 valence electrons. The van der Waals surface area contributed by atoms with Crippen LogP contribution in [0.1, 0.15) is 30.4 Å². The van der Waals surface area contributed by atoms with Gasteiger partial charge in [0.2, 0.25) is 0 Å². The Balaban J connectivity index is 2.44. The number of aryl methyl sites for hydroxylation is 1. The van der Waals surface area contributed by atoms with Crippen LogP contribution in [0.5, 0.6) is 0 Å². The van der Waals surface area contributed by atoms with E-state index in [9.17, 15) is 5.11 Å². The Bertz CT molecular complexity index is 445. The molecule has 1 atom stereocenters. The van der Waals surface area contributed by atoms with Crippen LogP contribution in [0.15, 0.2) is 18.2 Å². The van der Waals surface area contributed by atoms with Crippen molar-refractivity contribution >= 4 is 11.5 Å². The molecule has 0 amide bonds. The molecule has 1 aliphatic rings. The first-order chi connectivity index (χ1) is 8.65. The van der Waals surface area contributed by atoms with Gasteiger partial charge in [-0.05, 0) is 37.8 Å². The average molecular weight is 247 g/mol. The predicted molar refractivity (Wildman–Crippen MR) is 74.3 cm³/mol. The van der Waals surface area contributed by atoms with E-state index in [1.54, 1.807) is 0 Å². The van der Waals surface area contributed by atoms with E-state index in [-0.39, 0.29) is 18.5 Å². The summed E-state index contributed by atoms with van der Waals surface area (Å²) in [6, 6.07) is 5.99. The zero-order chi connectivity index (χ0) is 13.1. The van der Waals surface area contributed by atoms with Crippen molar-refractivity contribution in [2.45, 2.75) is 32.2 Å². The lowest BCUT2D eigenvalue weighted by Crippen LogP contribution is -2.43. The number of para-hydroxylation sites is 1. The van der Waals surface area contributed by atoms with E-state index >= 15 is 0 Å². The van der Waals surface area contributed by atoms with Gasteiger partial charge in [0.25, 0.3) is 0 Å². The van der Waals surface area contributed by atoms with E-state index < -0.39 is 0 Å². The Hall–Kier alpha value is -1.55. The summed E-state index contributed by atoms with van der Waals surface area (Å²) in [5.41, 5.74) is 8.58. The van der Waals surface area contributed by atoms with Crippen molar-refractivity contribution in [3.63, 3.8) is 0 Å². The van der Waals surface area contributed by atoms with Crippen LogP contribution in [0.2, 0.25) is 0 Å². The second-order valence-electron chi connectivity index (χ2n) is 4.91. The normalized spacial score (nSPS) is 19.9. The molecule has 1 aromatic rings. The third kappa shape index (κ3) is 2.34. The molecular weight excluding hydrogens is 226 g/mol. The van der Waals surface area contributed by atoms with Gasteiger partial charge in [-0.3, -0.25) is 5.41 Å². The van der Waals surface area contributed by atoms with Gasteiger partial charge in [-0.25, -0.2) is 0 Å². The van der Waals surface area contributed by atoms with E-state index in [1.165, 1.54) is 0 Å². The molecule has 4 heteroatoms. The summed E-state index contributed by atoms with van der Waals surface area (Å²) in [4.78, 5) is 2.22. The molecule has 1 aromatic carbocycles. The fourth-order valence-electron chi connectivity index (χ4n) is 2.74. The number of nitrogens with zero attached hydrogens (tertiary/aromatic N) is 1. The van der Waals surface area contributed by atoms with E-state index in [0.29, 0.717) is 0 Å². The molecule has 4 N–H and O–H groups in total. The van der Waals surface area contributed by atoms with E-state index in [4.69, 9.17) is 11.1 Å². The maximum Gasteiger partial charge on any atom is 0.124 e. The van der Waals surface area contributed by atoms with Crippen LogP contribution >= 0.6 is 0 Å². The topological polar surface area (TPSA) is 73.3 Å². The molecule has 0 aliphatic carbocycles. The summed E-state index contributed by atoms with van der Waals surface area (Å²) in [5, 5.41) is 17.2. The number of nitrogens with two attached hydrogens (primary N) is 1. The van der Waals surface area contributed by atoms with Crippen LogP contribution in [-0.4, -0.2) is 30.1 Å². The molecule has 0 aromatic heterocycles. The van der Waals surface area contributed by atoms with Crippen LogP contribution in [0.25, 0.3) is 0 Å². The van der Waals surface area contributed by atoms with Crippen LogP contribution in [0, 0.1) is 12.3 Å². The van der Waals surface area contributed by atoms with Crippen molar-refractivity contribution in [2.75, 3.05) is 18.1 Å². The minimum atomic E-state index is 0.0935. The number of nitrogen functional groups attached to an aromatic ring is 1. The molecule has 1 aliphatic heterocycles. The Morgan fingerprint density at radius 2 is 2.28 bits per heavy atom. The highest BCUT2D eigenvalue weighted by atomic mass is 16.3. The van der Waals surface area contributed by atoms with E-state index in [2.05, 4.69) is 4.90 Å². The highest BCUT2D eigenvalue weighted by Gasteiger charge is 2.25. The smallest absolute Gasteiger partial charge is 0.124 e. The summed E-state index contributed by atoms with van der Waals surface area (Å²) in [6.45, 7) is 3.12. The van der Waals surface area contributed by atoms with Gasteiger partial charge in [-0.15, -0.1) is 0 Å². The molecular formula is C14H21N3O. The van der Waals surface area contributed by atoms with Crippen molar-refractivity contribution in [3.8, 4) is 0 Å². The number of aliphatic hydroxyl groups is 1. The SMILES string of the molecule is Cc1cccc(C(=N)N)c1N1CCCCC1CO. The van der Waals surface area contributed by atoms with Crippen LogP contribution in [0.4, 0.5) is 5.69 Å². The van der Waals surface area contributed by atoms with Gasteiger partial charge in [0.05, 0.1) is 18.3 Å². The van der Waals surface area contributed by atoms with Crippen LogP contribution in [-0.2, 0) is 0 Å². The van der Waals surface area contributed by atoms with Gasteiger partial charge >= 0.3 is 0 Å². The summed E-state index contributed by atoms with van der Waals surface area (Å²) in [5.74, 6) is 0.0935. The second kappa shape index (κ2) is 5.40. The minimum absolute atomic E-state index is 0.0935. The molecule has 0 bridgehead atoms. The number of nitrogens with one attached hydrogen (secondary N) is 1. The van der Waals surface area contributed by atoms with Crippen LogP contribution < -0.4 is 10.6 Å². The molecule has 1 heterocycles. The molecule has 1 unspecified atom stereocenters. The molecule has 0 radical (unpaired) electrons. The number of anilines is 1. The number of hydrogen-bond donors (Lipinski definition) is 3. The van der Waals surface area contributed by atoms with Crippen molar-refractivity contribution in [2.24, 2.45) is 5.73 Å². The molecule has 0 spiro atoms. The average Bonchev–Trinajstić information content (AvgIpc) is 2.38. The fraction of sp³-hybridized carbons (Fsp3) is 0.500. The molecule has 1 fully saturated rings. The summed E-state index contributed by atoms with van der Waals surface area (Å²) in [6.07, 6.45) is 3.29. The van der Waals surface area contributed by atoms with Crippen molar-refractivity contribution in [1.29, 1.82) is 5.41 Å². The lowest BCUT2D eigenvalue weighted by atomic mass is 9.98. The standard InChI is InChI=1S/C14H21N3O/c1-10-5-4-7-12(14(15)16)13(10)17-8-3-2-6-11(17)9-18/h4-5,7,11,18H,2-3,6,8-9H2,1H3,(H3,15,16). The van der Waals surface area contributed by atoms with Crippen molar-refractivity contribution in [3.05, 3.63) is 29.3 Å². The zero-order valence-corrected chi connectivity index (χ0v) is 10.8. The van der Waals surface area contributed by atoms with Gasteiger partial charge in [-0.1, -0.05) is 12.1 Å². The zero-order valence-electron chi connectivity index (χ0n) is 10.8. The first-order valence-electron chi connectivity index (χ1n) is 6.46. The lowest BCUT2D eigenvalue weighted by Gasteiger charge is -2.38. The molecule has 0 saturated carbocycles. The van der Waals surface area contributed by atoms with Crippen molar-refractivity contribution in [1.82, 2.24) is 0 Å². The third-order valence-electron chi connectivity index (χ3n) is 3.65. The number of benzene rings is 1. The summed E-state index contributed by atoms with van der Waals surface area (Å²) < 4.78 is 0. The number of hydrogen-bond acceptors (Lipinski definition) is 3. The molecule has 4 nitrogen and oxygen atoms in total. The van der Waals surface area contributed by atoms with Gasteiger partial charge < -0.3 is 15.7 Å². The Morgan fingerprint density at radius 3 is 2.94 bits per heavy atom. The monoisotopic (exact) mass is 247 g/mol. The second-order valence-corrected chi connectivity index (χ2v) is 4.91. The predicted octanol–water partition coefficient (Wildman–Crippen LogP) is 1.63. The summed E-state index contributed by atoms with van der Waals surface area (Å²) >= 11 is 0. The number of amidine groups is 1. The van der Waals surface area contributed by atoms with E-state index in [0.717, 1.165) is 42.6 Å². The number of piperidine rings is 1.